The molecule has 0 aromatic carbocycles. The Kier molecular flexibility index (Phi) is 6.40. The molecule has 29 heavy (non-hydrogen) atoms. The molecule has 6 nitrogen and oxygen atoms in total. The van der Waals surface area contributed by atoms with Gasteiger partial charge >= 0.3 is 0 Å². The van der Waals surface area contributed by atoms with E-state index in [1.807, 2.05) is 12.1 Å². The van der Waals surface area contributed by atoms with Gasteiger partial charge < -0.3 is 9.15 Å². The molecule has 0 bridgehead atoms. The van der Waals surface area contributed by atoms with Crippen LogP contribution in [0.2, 0.25) is 0 Å². The van der Waals surface area contributed by atoms with Crippen molar-refractivity contribution in [1.82, 2.24) is 20.1 Å². The fraction of sp³-hybridized carbons (Fsp3) is 0.609. The number of allylic oxidation sites excluding steroid dienone is 1. The van der Waals surface area contributed by atoms with Crippen molar-refractivity contribution in [3.05, 3.63) is 42.1 Å². The highest BCUT2D eigenvalue weighted by molar-refractivity contribution is 5.50. The third-order valence-corrected chi connectivity index (χ3v) is 6.47. The minimum atomic E-state index is 0.467. The van der Waals surface area contributed by atoms with E-state index in [4.69, 9.17) is 9.15 Å². The van der Waals surface area contributed by atoms with Gasteiger partial charge in [0.2, 0.25) is 11.8 Å². The van der Waals surface area contributed by atoms with Crippen molar-refractivity contribution in [3.8, 4) is 11.5 Å². The Balaban J connectivity index is 1.45. The van der Waals surface area contributed by atoms with Crippen molar-refractivity contribution in [2.75, 3.05) is 32.8 Å². The fourth-order valence-corrected chi connectivity index (χ4v) is 4.73. The molecular formula is C23H32N4O2. The van der Waals surface area contributed by atoms with Crippen molar-refractivity contribution in [2.45, 2.75) is 33.6 Å². The van der Waals surface area contributed by atoms with E-state index in [0.29, 0.717) is 29.6 Å². The van der Waals surface area contributed by atoms with Gasteiger partial charge in [-0.15, -0.1) is 10.2 Å². The van der Waals surface area contributed by atoms with Crippen LogP contribution >= 0.6 is 0 Å². The van der Waals surface area contributed by atoms with Crippen molar-refractivity contribution < 1.29 is 9.15 Å². The topological polar surface area (TPSA) is 64.3 Å². The van der Waals surface area contributed by atoms with E-state index < -0.39 is 0 Å². The second kappa shape index (κ2) is 9.18. The van der Waals surface area contributed by atoms with Crippen molar-refractivity contribution in [1.29, 1.82) is 0 Å². The lowest BCUT2D eigenvalue weighted by Gasteiger charge is -2.40. The maximum absolute atomic E-state index is 5.97. The standard InChI is InChI=1S/C23H32N4O2/c1-16(2)21-13-19(17(3)12-20(21)15-27-8-10-28-11-9-27)14-22-25-26-23(29-22)18-4-6-24-7-5-18/h4-7,12,16,19-21H,8-11,13-15H2,1-3H3. The summed E-state index contributed by atoms with van der Waals surface area (Å²) < 4.78 is 11.5. The van der Waals surface area contributed by atoms with Crippen molar-refractivity contribution in [2.24, 2.45) is 23.7 Å². The van der Waals surface area contributed by atoms with Crippen LogP contribution in [-0.2, 0) is 11.2 Å². The van der Waals surface area contributed by atoms with Crippen LogP contribution in [0.3, 0.4) is 0 Å². The van der Waals surface area contributed by atoms with E-state index in [9.17, 15) is 0 Å². The quantitative estimate of drug-likeness (QED) is 0.691. The molecule has 2 aromatic heterocycles. The summed E-state index contributed by atoms with van der Waals surface area (Å²) in [6.07, 6.45) is 8.01. The molecule has 0 spiro atoms. The van der Waals surface area contributed by atoms with Gasteiger partial charge in [-0.05, 0) is 49.1 Å². The third-order valence-electron chi connectivity index (χ3n) is 6.47. The number of pyridine rings is 1. The van der Waals surface area contributed by atoms with Gasteiger partial charge in [0.05, 0.1) is 13.2 Å². The number of aromatic nitrogens is 3. The zero-order valence-electron chi connectivity index (χ0n) is 17.8. The number of ether oxygens (including phenoxy) is 1. The molecule has 0 saturated carbocycles. The van der Waals surface area contributed by atoms with Crippen LogP contribution in [0.4, 0.5) is 0 Å². The fourth-order valence-electron chi connectivity index (χ4n) is 4.73. The molecule has 4 rings (SSSR count). The molecule has 1 fully saturated rings. The summed E-state index contributed by atoms with van der Waals surface area (Å²) in [5.74, 6) is 3.71. The van der Waals surface area contributed by atoms with Gasteiger partial charge in [0.1, 0.15) is 0 Å². The average molecular weight is 397 g/mol. The first-order valence-electron chi connectivity index (χ1n) is 10.8. The Labute approximate surface area is 173 Å². The van der Waals surface area contributed by atoms with Crippen LogP contribution in [0.15, 0.2) is 40.6 Å². The lowest BCUT2D eigenvalue weighted by atomic mass is 9.69. The zero-order chi connectivity index (χ0) is 20.2. The molecule has 6 heteroatoms. The summed E-state index contributed by atoms with van der Waals surface area (Å²) in [6.45, 7) is 12.0. The first-order valence-corrected chi connectivity index (χ1v) is 10.8. The highest BCUT2D eigenvalue weighted by atomic mass is 16.5. The Hall–Kier alpha value is -2.05. The van der Waals surface area contributed by atoms with Gasteiger partial charge in [-0.25, -0.2) is 0 Å². The van der Waals surface area contributed by atoms with Crippen LogP contribution < -0.4 is 0 Å². The van der Waals surface area contributed by atoms with E-state index in [2.05, 4.69) is 46.9 Å². The van der Waals surface area contributed by atoms with Gasteiger partial charge in [-0.2, -0.15) is 0 Å². The predicted octanol–water partition coefficient (Wildman–Crippen LogP) is 3.86. The Bertz CT molecular complexity index is 811. The largest absolute Gasteiger partial charge is 0.421 e. The van der Waals surface area contributed by atoms with E-state index in [0.717, 1.165) is 50.7 Å². The van der Waals surface area contributed by atoms with Crippen LogP contribution in [0.1, 0.15) is 33.1 Å². The molecular weight excluding hydrogens is 364 g/mol. The highest BCUT2D eigenvalue weighted by Gasteiger charge is 2.33. The first-order chi connectivity index (χ1) is 14.1. The zero-order valence-corrected chi connectivity index (χ0v) is 17.8. The van der Waals surface area contributed by atoms with Crippen LogP contribution in [0, 0.1) is 23.7 Å². The summed E-state index contributed by atoms with van der Waals surface area (Å²) in [4.78, 5) is 6.61. The molecule has 0 radical (unpaired) electrons. The van der Waals surface area contributed by atoms with E-state index in [1.54, 1.807) is 12.4 Å². The molecule has 3 heterocycles. The van der Waals surface area contributed by atoms with Gasteiger partial charge in [0.15, 0.2) is 0 Å². The molecule has 0 N–H and O–H groups in total. The minimum absolute atomic E-state index is 0.467. The van der Waals surface area contributed by atoms with Gasteiger partial charge in [0, 0.05) is 44.0 Å². The lowest BCUT2D eigenvalue weighted by Crippen LogP contribution is -2.42. The molecule has 1 saturated heterocycles. The van der Waals surface area contributed by atoms with Gasteiger partial charge in [0.25, 0.3) is 0 Å². The molecule has 3 unspecified atom stereocenters. The van der Waals surface area contributed by atoms with Crippen LogP contribution in [0.5, 0.6) is 0 Å². The summed E-state index contributed by atoms with van der Waals surface area (Å²) in [5, 5.41) is 8.56. The molecule has 2 aromatic rings. The molecule has 0 amide bonds. The monoisotopic (exact) mass is 396 g/mol. The van der Waals surface area contributed by atoms with Crippen molar-refractivity contribution >= 4 is 0 Å². The van der Waals surface area contributed by atoms with Crippen LogP contribution in [0.25, 0.3) is 11.5 Å². The SMILES string of the molecule is CC1=CC(CN2CCOCC2)C(C(C)C)CC1Cc1nnc(-c2ccncc2)o1. The van der Waals surface area contributed by atoms with Gasteiger partial charge in [-0.1, -0.05) is 25.5 Å². The number of nitrogens with zero attached hydrogens (tertiary/aromatic N) is 4. The molecule has 156 valence electrons. The third kappa shape index (κ3) is 4.93. The second-order valence-corrected chi connectivity index (χ2v) is 8.77. The van der Waals surface area contributed by atoms with E-state index >= 15 is 0 Å². The minimum Gasteiger partial charge on any atom is -0.421 e. The van der Waals surface area contributed by atoms with Crippen molar-refractivity contribution in [3.63, 3.8) is 0 Å². The number of morpholine rings is 1. The normalized spacial score (nSPS) is 25.9. The smallest absolute Gasteiger partial charge is 0.247 e. The molecule has 1 aliphatic carbocycles. The van der Waals surface area contributed by atoms with Gasteiger partial charge in [-0.3, -0.25) is 9.88 Å². The summed E-state index contributed by atoms with van der Waals surface area (Å²) in [6, 6.07) is 3.79. The van der Waals surface area contributed by atoms with E-state index in [1.165, 1.54) is 12.0 Å². The molecule has 3 atom stereocenters. The summed E-state index contributed by atoms with van der Waals surface area (Å²) in [7, 11) is 0. The Morgan fingerprint density at radius 3 is 2.62 bits per heavy atom. The Morgan fingerprint density at radius 1 is 1.14 bits per heavy atom. The maximum atomic E-state index is 5.97. The second-order valence-electron chi connectivity index (χ2n) is 8.77. The summed E-state index contributed by atoms with van der Waals surface area (Å²) >= 11 is 0. The van der Waals surface area contributed by atoms with E-state index in [-0.39, 0.29) is 0 Å². The maximum Gasteiger partial charge on any atom is 0.247 e. The molecule has 1 aliphatic heterocycles. The number of hydrogen-bond donors (Lipinski definition) is 0. The number of hydrogen-bond acceptors (Lipinski definition) is 6. The molecule has 2 aliphatic rings. The average Bonchev–Trinajstić information content (AvgIpc) is 3.20. The highest BCUT2D eigenvalue weighted by Crippen LogP contribution is 2.39. The van der Waals surface area contributed by atoms with Crippen LogP contribution in [-0.4, -0.2) is 52.9 Å². The number of rotatable bonds is 6. The summed E-state index contributed by atoms with van der Waals surface area (Å²) in [5.41, 5.74) is 2.38. The lowest BCUT2D eigenvalue weighted by molar-refractivity contribution is 0.0256. The predicted molar refractivity (Wildman–Crippen MR) is 112 cm³/mol. The first kappa shape index (κ1) is 20.2. The Morgan fingerprint density at radius 2 is 1.90 bits per heavy atom.